The van der Waals surface area contributed by atoms with Crippen molar-refractivity contribution >= 4 is 11.8 Å². The summed E-state index contributed by atoms with van der Waals surface area (Å²) in [6, 6.07) is 10.8. The average molecular weight is 234 g/mol. The van der Waals surface area contributed by atoms with E-state index in [0.29, 0.717) is 0 Å². The van der Waals surface area contributed by atoms with E-state index in [0.717, 1.165) is 18.1 Å². The molecule has 0 fully saturated rings. The first-order valence-corrected chi connectivity index (χ1v) is 6.68. The van der Waals surface area contributed by atoms with Gasteiger partial charge in [-0.2, -0.15) is 17.0 Å². The highest BCUT2D eigenvalue weighted by atomic mass is 32.2. The number of aryl methyl sites for hydroxylation is 1. The van der Waals surface area contributed by atoms with Crippen LogP contribution in [0.3, 0.4) is 0 Å². The van der Waals surface area contributed by atoms with Crippen LogP contribution < -0.4 is 5.32 Å². The maximum atomic E-state index is 8.87. The van der Waals surface area contributed by atoms with Crippen LogP contribution in [-0.4, -0.2) is 18.3 Å². The lowest BCUT2D eigenvalue weighted by molar-refractivity contribution is 0.677. The van der Waals surface area contributed by atoms with Crippen LogP contribution in [0.15, 0.2) is 24.3 Å². The predicted octanol–water partition coefficient (Wildman–Crippen LogP) is 2.73. The molecule has 1 unspecified atom stereocenters. The summed E-state index contributed by atoms with van der Waals surface area (Å²) in [6.45, 7) is 4.98. The molecule has 1 aromatic rings. The van der Waals surface area contributed by atoms with Gasteiger partial charge in [0.1, 0.15) is 6.04 Å². The Morgan fingerprint density at radius 2 is 2.31 bits per heavy atom. The van der Waals surface area contributed by atoms with Crippen LogP contribution in [0.5, 0.6) is 0 Å². The number of hydrogen-bond acceptors (Lipinski definition) is 3. The van der Waals surface area contributed by atoms with Crippen molar-refractivity contribution in [1.29, 1.82) is 5.26 Å². The minimum Gasteiger partial charge on any atom is -0.302 e. The predicted molar refractivity (Wildman–Crippen MR) is 70.4 cm³/mol. The quantitative estimate of drug-likeness (QED) is 0.822. The van der Waals surface area contributed by atoms with Crippen molar-refractivity contribution in [2.24, 2.45) is 0 Å². The largest absolute Gasteiger partial charge is 0.302 e. The van der Waals surface area contributed by atoms with Gasteiger partial charge in [-0.05, 0) is 19.0 Å². The molecule has 0 aliphatic carbocycles. The second-order valence-corrected chi connectivity index (χ2v) is 4.77. The third kappa shape index (κ3) is 4.69. The minimum absolute atomic E-state index is 0.0280. The maximum Gasteiger partial charge on any atom is 0.104 e. The van der Waals surface area contributed by atoms with Crippen LogP contribution in [-0.2, 0) is 5.75 Å². The Kier molecular flexibility index (Phi) is 5.99. The van der Waals surface area contributed by atoms with Crippen molar-refractivity contribution in [2.75, 3.05) is 12.3 Å². The number of benzene rings is 1. The molecule has 1 rings (SSSR count). The molecule has 0 bridgehead atoms. The van der Waals surface area contributed by atoms with Crippen LogP contribution >= 0.6 is 11.8 Å². The fourth-order valence-corrected chi connectivity index (χ4v) is 2.45. The molecule has 1 atom stereocenters. The Balaban J connectivity index is 2.32. The van der Waals surface area contributed by atoms with Gasteiger partial charge in [0.25, 0.3) is 0 Å². The van der Waals surface area contributed by atoms with Gasteiger partial charge >= 0.3 is 0 Å². The fraction of sp³-hybridized carbons (Fsp3) is 0.462. The molecule has 1 N–H and O–H groups in total. The highest BCUT2D eigenvalue weighted by molar-refractivity contribution is 7.98. The Morgan fingerprint density at radius 1 is 1.50 bits per heavy atom. The first-order chi connectivity index (χ1) is 7.76. The minimum atomic E-state index is -0.0280. The van der Waals surface area contributed by atoms with Crippen molar-refractivity contribution < 1.29 is 0 Å². The number of rotatable bonds is 6. The van der Waals surface area contributed by atoms with Crippen molar-refractivity contribution in [3.8, 4) is 6.07 Å². The highest BCUT2D eigenvalue weighted by Gasteiger charge is 2.04. The van der Waals surface area contributed by atoms with Crippen molar-refractivity contribution in [3.63, 3.8) is 0 Å². The Hall–Kier alpha value is -0.980. The second-order valence-electron chi connectivity index (χ2n) is 3.74. The van der Waals surface area contributed by atoms with Crippen LogP contribution in [0.4, 0.5) is 0 Å². The summed E-state index contributed by atoms with van der Waals surface area (Å²) < 4.78 is 0. The van der Waals surface area contributed by atoms with Gasteiger partial charge in [-0.1, -0.05) is 36.8 Å². The Labute approximate surface area is 102 Å². The van der Waals surface area contributed by atoms with Crippen LogP contribution in [0, 0.1) is 18.3 Å². The summed E-state index contributed by atoms with van der Waals surface area (Å²) in [6.07, 6.45) is 0. The van der Waals surface area contributed by atoms with E-state index in [4.69, 9.17) is 5.26 Å². The first-order valence-electron chi connectivity index (χ1n) is 5.52. The van der Waals surface area contributed by atoms with E-state index in [1.165, 1.54) is 11.1 Å². The van der Waals surface area contributed by atoms with E-state index in [1.54, 1.807) is 11.8 Å². The summed E-state index contributed by atoms with van der Waals surface area (Å²) >= 11 is 1.80. The van der Waals surface area contributed by atoms with Gasteiger partial charge in [-0.3, -0.25) is 0 Å². The summed E-state index contributed by atoms with van der Waals surface area (Å²) in [4.78, 5) is 0. The maximum absolute atomic E-state index is 8.87. The molecular weight excluding hydrogens is 216 g/mol. The van der Waals surface area contributed by atoms with Gasteiger partial charge in [-0.15, -0.1) is 0 Å². The second kappa shape index (κ2) is 7.32. The molecule has 16 heavy (non-hydrogen) atoms. The molecule has 1 aromatic carbocycles. The lowest BCUT2D eigenvalue weighted by Gasteiger charge is -2.09. The normalized spacial score (nSPS) is 12.1. The number of nitrogens with zero attached hydrogens (tertiary/aromatic N) is 1. The Morgan fingerprint density at radius 3 is 2.94 bits per heavy atom. The molecule has 3 heteroatoms. The molecule has 0 heterocycles. The van der Waals surface area contributed by atoms with E-state index in [2.05, 4.69) is 42.6 Å². The molecule has 0 aliphatic heterocycles. The van der Waals surface area contributed by atoms with Crippen LogP contribution in [0.1, 0.15) is 18.1 Å². The van der Waals surface area contributed by atoms with Gasteiger partial charge in [0.2, 0.25) is 0 Å². The van der Waals surface area contributed by atoms with Crippen molar-refractivity contribution in [3.05, 3.63) is 35.4 Å². The van der Waals surface area contributed by atoms with Crippen LogP contribution in [0.25, 0.3) is 0 Å². The third-order valence-corrected chi connectivity index (χ3v) is 3.35. The van der Waals surface area contributed by atoms with E-state index < -0.39 is 0 Å². The lowest BCUT2D eigenvalue weighted by atomic mass is 10.2. The molecule has 0 amide bonds. The summed E-state index contributed by atoms with van der Waals surface area (Å²) in [7, 11) is 0. The van der Waals surface area contributed by atoms with E-state index in [9.17, 15) is 0 Å². The summed E-state index contributed by atoms with van der Waals surface area (Å²) in [5.41, 5.74) is 2.62. The standard InChI is InChI=1S/C13H18N2S/c1-3-15-13(8-14)10-16-9-12-6-4-5-11(2)7-12/h4-7,13,15H,3,9-10H2,1-2H3. The topological polar surface area (TPSA) is 35.8 Å². The van der Waals surface area contributed by atoms with Gasteiger partial charge in [-0.25, -0.2) is 0 Å². The van der Waals surface area contributed by atoms with Gasteiger partial charge < -0.3 is 5.32 Å². The monoisotopic (exact) mass is 234 g/mol. The fourth-order valence-electron chi connectivity index (χ4n) is 1.48. The highest BCUT2D eigenvalue weighted by Crippen LogP contribution is 2.14. The number of thioether (sulfide) groups is 1. The first kappa shape index (κ1) is 13.1. The zero-order chi connectivity index (χ0) is 11.8. The van der Waals surface area contributed by atoms with E-state index in [1.807, 2.05) is 6.92 Å². The zero-order valence-electron chi connectivity index (χ0n) is 9.86. The lowest BCUT2D eigenvalue weighted by Crippen LogP contribution is -2.29. The molecule has 86 valence electrons. The molecular formula is C13H18N2S. The molecule has 0 spiro atoms. The smallest absolute Gasteiger partial charge is 0.104 e. The molecule has 0 aliphatic rings. The molecule has 0 aromatic heterocycles. The molecule has 0 saturated heterocycles. The zero-order valence-corrected chi connectivity index (χ0v) is 10.7. The Bertz CT molecular complexity index is 357. The number of hydrogen-bond donors (Lipinski definition) is 1. The molecule has 2 nitrogen and oxygen atoms in total. The summed E-state index contributed by atoms with van der Waals surface area (Å²) in [5.74, 6) is 1.82. The third-order valence-electron chi connectivity index (χ3n) is 2.24. The number of nitriles is 1. The van der Waals surface area contributed by atoms with E-state index >= 15 is 0 Å². The SMILES string of the molecule is CCNC(C#N)CSCc1cccc(C)c1. The van der Waals surface area contributed by atoms with Gasteiger partial charge in [0.05, 0.1) is 6.07 Å². The van der Waals surface area contributed by atoms with Gasteiger partial charge in [0, 0.05) is 11.5 Å². The molecule has 0 saturated carbocycles. The summed E-state index contributed by atoms with van der Waals surface area (Å²) in [5, 5.41) is 12.0. The molecule has 0 radical (unpaired) electrons. The van der Waals surface area contributed by atoms with Gasteiger partial charge in [0.15, 0.2) is 0 Å². The van der Waals surface area contributed by atoms with E-state index in [-0.39, 0.29) is 6.04 Å². The van der Waals surface area contributed by atoms with Crippen LogP contribution in [0.2, 0.25) is 0 Å². The average Bonchev–Trinajstić information content (AvgIpc) is 2.28. The van der Waals surface area contributed by atoms with Crippen molar-refractivity contribution in [2.45, 2.75) is 25.6 Å². The number of nitrogens with one attached hydrogen (secondary N) is 1. The van der Waals surface area contributed by atoms with Crippen molar-refractivity contribution in [1.82, 2.24) is 5.32 Å².